The highest BCUT2D eigenvalue weighted by Gasteiger charge is 2.14. The van der Waals surface area contributed by atoms with Gasteiger partial charge in [0.15, 0.2) is 0 Å². The Morgan fingerprint density at radius 1 is 1.10 bits per heavy atom. The number of aryl methyl sites for hydroxylation is 1. The minimum absolute atomic E-state index is 0.273. The first-order valence-electron chi connectivity index (χ1n) is 7.68. The van der Waals surface area contributed by atoms with E-state index in [1.165, 1.54) is 32.1 Å². The number of carboxylic acid groups (broad SMARTS) is 1. The summed E-state index contributed by atoms with van der Waals surface area (Å²) in [5.41, 5.74) is 1.29. The van der Waals surface area contributed by atoms with Gasteiger partial charge in [-0.15, -0.1) is 0 Å². The highest BCUT2D eigenvalue weighted by atomic mass is 16.5. The lowest BCUT2D eigenvalue weighted by Gasteiger charge is -2.12. The van der Waals surface area contributed by atoms with Gasteiger partial charge in [-0.05, 0) is 31.4 Å². The van der Waals surface area contributed by atoms with Crippen molar-refractivity contribution in [1.29, 1.82) is 0 Å². The van der Waals surface area contributed by atoms with E-state index in [1.807, 2.05) is 13.0 Å². The van der Waals surface area contributed by atoms with Gasteiger partial charge < -0.3 is 9.84 Å². The molecule has 0 aliphatic rings. The van der Waals surface area contributed by atoms with Gasteiger partial charge in [0.2, 0.25) is 0 Å². The van der Waals surface area contributed by atoms with E-state index in [4.69, 9.17) is 4.74 Å². The Morgan fingerprint density at radius 3 is 2.45 bits per heavy atom. The van der Waals surface area contributed by atoms with Crippen LogP contribution in [0.3, 0.4) is 0 Å². The molecule has 0 saturated heterocycles. The molecule has 0 atom stereocenters. The molecule has 0 heterocycles. The van der Waals surface area contributed by atoms with Crippen molar-refractivity contribution < 1.29 is 14.6 Å². The zero-order valence-corrected chi connectivity index (χ0v) is 12.7. The highest BCUT2D eigenvalue weighted by Crippen LogP contribution is 2.26. The molecule has 20 heavy (non-hydrogen) atoms. The topological polar surface area (TPSA) is 46.5 Å². The maximum absolute atomic E-state index is 11.2. The fraction of sp³-hybridized carbons (Fsp3) is 0.588. The molecule has 0 aliphatic carbocycles. The Bertz CT molecular complexity index is 413. The normalized spacial score (nSPS) is 10.5. The molecule has 1 rings (SSSR count). The average molecular weight is 278 g/mol. The monoisotopic (exact) mass is 278 g/mol. The van der Waals surface area contributed by atoms with E-state index >= 15 is 0 Å². The van der Waals surface area contributed by atoms with Crippen LogP contribution in [0.1, 0.15) is 68.3 Å². The molecular weight excluding hydrogens is 252 g/mol. The van der Waals surface area contributed by atoms with Gasteiger partial charge >= 0.3 is 5.97 Å². The SMILES string of the molecule is CCCCCCCCc1cccc(C(=O)O)c1OCC. The number of carbonyl (C=O) groups is 1. The van der Waals surface area contributed by atoms with Crippen LogP contribution in [0.2, 0.25) is 0 Å². The van der Waals surface area contributed by atoms with Crippen LogP contribution < -0.4 is 4.74 Å². The maximum Gasteiger partial charge on any atom is 0.339 e. The largest absolute Gasteiger partial charge is 0.493 e. The third-order valence-electron chi connectivity index (χ3n) is 3.42. The molecule has 3 nitrogen and oxygen atoms in total. The molecule has 0 aromatic heterocycles. The molecular formula is C17H26O3. The van der Waals surface area contributed by atoms with Gasteiger partial charge in [-0.3, -0.25) is 0 Å². The minimum atomic E-state index is -0.918. The highest BCUT2D eigenvalue weighted by molar-refractivity contribution is 5.91. The van der Waals surface area contributed by atoms with Crippen LogP contribution in [0, 0.1) is 0 Å². The number of para-hydroxylation sites is 1. The van der Waals surface area contributed by atoms with E-state index in [0.29, 0.717) is 12.4 Å². The van der Waals surface area contributed by atoms with E-state index in [2.05, 4.69) is 6.92 Å². The molecule has 1 aromatic carbocycles. The summed E-state index contributed by atoms with van der Waals surface area (Å²) in [7, 11) is 0. The first-order valence-corrected chi connectivity index (χ1v) is 7.68. The van der Waals surface area contributed by atoms with E-state index < -0.39 is 5.97 Å². The van der Waals surface area contributed by atoms with E-state index in [1.54, 1.807) is 12.1 Å². The molecule has 0 fully saturated rings. The van der Waals surface area contributed by atoms with Gasteiger partial charge in [-0.2, -0.15) is 0 Å². The molecule has 112 valence electrons. The van der Waals surface area contributed by atoms with Crippen LogP contribution in [0.5, 0.6) is 5.75 Å². The Morgan fingerprint density at radius 2 is 1.80 bits per heavy atom. The molecule has 0 bridgehead atoms. The number of hydrogen-bond acceptors (Lipinski definition) is 2. The van der Waals surface area contributed by atoms with Gasteiger partial charge in [-0.25, -0.2) is 4.79 Å². The third kappa shape index (κ3) is 5.24. The quantitative estimate of drug-likeness (QED) is 0.632. The van der Waals surface area contributed by atoms with Gasteiger partial charge in [0.1, 0.15) is 11.3 Å². The number of unbranched alkanes of at least 4 members (excludes halogenated alkanes) is 5. The standard InChI is InChI=1S/C17H26O3/c1-3-5-6-7-8-9-11-14-12-10-13-15(17(18)19)16(14)20-4-2/h10,12-13H,3-9,11H2,1-2H3,(H,18,19). The fourth-order valence-electron chi connectivity index (χ4n) is 2.36. The van der Waals surface area contributed by atoms with Crippen molar-refractivity contribution in [3.05, 3.63) is 29.3 Å². The van der Waals surface area contributed by atoms with Crippen LogP contribution in [-0.2, 0) is 6.42 Å². The van der Waals surface area contributed by atoms with Crippen LogP contribution in [0.25, 0.3) is 0 Å². The number of hydrogen-bond donors (Lipinski definition) is 1. The van der Waals surface area contributed by atoms with Crippen LogP contribution >= 0.6 is 0 Å². The predicted octanol–water partition coefficient (Wildman–Crippen LogP) is 4.69. The summed E-state index contributed by atoms with van der Waals surface area (Å²) in [5, 5.41) is 9.21. The Balaban J connectivity index is 2.60. The zero-order chi connectivity index (χ0) is 14.8. The summed E-state index contributed by atoms with van der Waals surface area (Å²) in [6.07, 6.45) is 8.30. The van der Waals surface area contributed by atoms with Crippen molar-refractivity contribution in [2.45, 2.75) is 58.8 Å². The molecule has 3 heteroatoms. The average Bonchev–Trinajstić information content (AvgIpc) is 2.44. The van der Waals surface area contributed by atoms with Crippen molar-refractivity contribution in [3.8, 4) is 5.75 Å². The molecule has 1 N–H and O–H groups in total. The van der Waals surface area contributed by atoms with E-state index in [9.17, 15) is 9.90 Å². The van der Waals surface area contributed by atoms with Crippen molar-refractivity contribution in [3.63, 3.8) is 0 Å². The van der Waals surface area contributed by atoms with Crippen molar-refractivity contribution in [2.24, 2.45) is 0 Å². The molecule has 0 saturated carbocycles. The summed E-state index contributed by atoms with van der Waals surface area (Å²) < 4.78 is 5.54. The number of ether oxygens (including phenoxy) is 1. The first kappa shape index (κ1) is 16.5. The maximum atomic E-state index is 11.2. The van der Waals surface area contributed by atoms with Crippen molar-refractivity contribution in [2.75, 3.05) is 6.61 Å². The van der Waals surface area contributed by atoms with Gasteiger partial charge in [0, 0.05) is 0 Å². The minimum Gasteiger partial charge on any atom is -0.493 e. The molecule has 1 aromatic rings. The number of benzene rings is 1. The van der Waals surface area contributed by atoms with E-state index in [-0.39, 0.29) is 5.56 Å². The van der Waals surface area contributed by atoms with Crippen LogP contribution in [0.4, 0.5) is 0 Å². The summed E-state index contributed by atoms with van der Waals surface area (Å²) in [6, 6.07) is 5.39. The second kappa shape index (κ2) is 9.40. The van der Waals surface area contributed by atoms with Crippen LogP contribution in [0.15, 0.2) is 18.2 Å². The van der Waals surface area contributed by atoms with Crippen molar-refractivity contribution in [1.82, 2.24) is 0 Å². The predicted molar refractivity (Wildman–Crippen MR) is 81.7 cm³/mol. The van der Waals surface area contributed by atoms with Gasteiger partial charge in [-0.1, -0.05) is 51.2 Å². The smallest absolute Gasteiger partial charge is 0.339 e. The Labute approximate surface area is 122 Å². The Kier molecular flexibility index (Phi) is 7.78. The first-order chi connectivity index (χ1) is 9.70. The number of rotatable bonds is 10. The van der Waals surface area contributed by atoms with E-state index in [0.717, 1.165) is 18.4 Å². The number of aromatic carboxylic acids is 1. The second-order valence-electron chi connectivity index (χ2n) is 5.05. The molecule has 0 aliphatic heterocycles. The fourth-order valence-corrected chi connectivity index (χ4v) is 2.36. The summed E-state index contributed by atoms with van der Waals surface area (Å²) in [5.74, 6) is -0.366. The summed E-state index contributed by atoms with van der Waals surface area (Å²) >= 11 is 0. The summed E-state index contributed by atoms with van der Waals surface area (Å²) in [6.45, 7) is 4.59. The molecule has 0 unspecified atom stereocenters. The zero-order valence-electron chi connectivity index (χ0n) is 12.7. The van der Waals surface area contributed by atoms with Gasteiger partial charge in [0.25, 0.3) is 0 Å². The van der Waals surface area contributed by atoms with Gasteiger partial charge in [0.05, 0.1) is 6.61 Å². The summed E-state index contributed by atoms with van der Waals surface area (Å²) in [4.78, 5) is 11.2. The lowest BCUT2D eigenvalue weighted by atomic mass is 10.0. The lowest BCUT2D eigenvalue weighted by Crippen LogP contribution is -2.05. The molecule has 0 amide bonds. The Hall–Kier alpha value is -1.51. The second-order valence-corrected chi connectivity index (χ2v) is 5.05. The molecule has 0 spiro atoms. The van der Waals surface area contributed by atoms with Crippen LogP contribution in [-0.4, -0.2) is 17.7 Å². The number of carboxylic acids is 1. The lowest BCUT2D eigenvalue weighted by molar-refractivity contribution is 0.0692. The van der Waals surface area contributed by atoms with Crippen molar-refractivity contribution >= 4 is 5.97 Å². The third-order valence-corrected chi connectivity index (χ3v) is 3.42. The molecule has 0 radical (unpaired) electrons.